The first kappa shape index (κ1) is 13.9. The molecule has 2 N–H and O–H groups in total. The molecule has 1 fully saturated rings. The van der Waals surface area contributed by atoms with Crippen molar-refractivity contribution in [3.8, 4) is 0 Å². The van der Waals surface area contributed by atoms with E-state index in [9.17, 15) is 4.79 Å². The standard InChI is InChI=1S/C14H23N3O2/c1-4-7-9-8-10(9)17-11(5-2)16-12(13(17)15)14(18)19-6-3/h9-10H,4-8,15H2,1-3H3. The second kappa shape index (κ2) is 5.63. The highest BCUT2D eigenvalue weighted by Gasteiger charge is 2.40. The molecule has 0 aromatic carbocycles. The van der Waals surface area contributed by atoms with Gasteiger partial charge in [-0.3, -0.25) is 0 Å². The topological polar surface area (TPSA) is 70.1 Å². The highest BCUT2D eigenvalue weighted by molar-refractivity contribution is 5.92. The number of nitrogens with zero attached hydrogens (tertiary/aromatic N) is 2. The first-order valence-corrected chi connectivity index (χ1v) is 7.17. The summed E-state index contributed by atoms with van der Waals surface area (Å²) in [5.41, 5.74) is 6.39. The Labute approximate surface area is 114 Å². The van der Waals surface area contributed by atoms with Crippen LogP contribution < -0.4 is 5.73 Å². The van der Waals surface area contributed by atoms with Crippen LogP contribution in [0, 0.1) is 5.92 Å². The summed E-state index contributed by atoms with van der Waals surface area (Å²) in [7, 11) is 0. The molecule has 2 unspecified atom stereocenters. The molecule has 1 aromatic rings. The number of rotatable bonds is 6. The number of hydrogen-bond donors (Lipinski definition) is 1. The van der Waals surface area contributed by atoms with Crippen LogP contribution in [0.3, 0.4) is 0 Å². The van der Waals surface area contributed by atoms with Gasteiger partial charge in [-0.1, -0.05) is 20.3 Å². The van der Waals surface area contributed by atoms with Crippen LogP contribution in [-0.4, -0.2) is 22.1 Å². The van der Waals surface area contributed by atoms with Crippen LogP contribution in [0.25, 0.3) is 0 Å². The highest BCUT2D eigenvalue weighted by atomic mass is 16.5. The lowest BCUT2D eigenvalue weighted by Gasteiger charge is -2.08. The number of carbonyl (C=O) groups is 1. The van der Waals surface area contributed by atoms with Crippen molar-refractivity contribution in [3.63, 3.8) is 0 Å². The Bertz CT molecular complexity index is 468. The van der Waals surface area contributed by atoms with E-state index in [1.807, 2.05) is 11.5 Å². The molecule has 0 amide bonds. The van der Waals surface area contributed by atoms with Gasteiger partial charge in [0, 0.05) is 12.5 Å². The molecule has 106 valence electrons. The Kier molecular flexibility index (Phi) is 4.12. The van der Waals surface area contributed by atoms with Crippen molar-refractivity contribution in [1.29, 1.82) is 0 Å². The van der Waals surface area contributed by atoms with Crippen LogP contribution in [0.15, 0.2) is 0 Å². The molecule has 5 nitrogen and oxygen atoms in total. The third-order valence-corrected chi connectivity index (χ3v) is 3.68. The predicted octanol–water partition coefficient (Wildman–Crippen LogP) is 2.57. The van der Waals surface area contributed by atoms with E-state index < -0.39 is 5.97 Å². The van der Waals surface area contributed by atoms with Gasteiger partial charge in [0.15, 0.2) is 5.69 Å². The van der Waals surface area contributed by atoms with Gasteiger partial charge in [-0.15, -0.1) is 0 Å². The number of nitrogens with two attached hydrogens (primary N) is 1. The molecule has 1 aliphatic carbocycles. The third-order valence-electron chi connectivity index (χ3n) is 3.68. The first-order chi connectivity index (χ1) is 9.13. The number of carbonyl (C=O) groups excluding carboxylic acids is 1. The smallest absolute Gasteiger partial charge is 0.360 e. The Balaban J connectivity index is 2.26. The summed E-state index contributed by atoms with van der Waals surface area (Å²) < 4.78 is 7.05. The van der Waals surface area contributed by atoms with Gasteiger partial charge in [0.05, 0.1) is 6.61 Å². The number of nitrogen functional groups attached to an aromatic ring is 1. The second-order valence-electron chi connectivity index (χ2n) is 5.06. The maximum Gasteiger partial charge on any atom is 0.360 e. The van der Waals surface area contributed by atoms with Gasteiger partial charge in [-0.05, 0) is 25.7 Å². The summed E-state index contributed by atoms with van der Waals surface area (Å²) in [5.74, 6) is 1.63. The molecule has 1 aliphatic rings. The van der Waals surface area contributed by atoms with Crippen molar-refractivity contribution in [3.05, 3.63) is 11.5 Å². The lowest BCUT2D eigenvalue weighted by Crippen LogP contribution is -2.10. The Morgan fingerprint density at radius 2 is 2.21 bits per heavy atom. The van der Waals surface area contributed by atoms with Gasteiger partial charge in [0.25, 0.3) is 0 Å². The minimum atomic E-state index is -0.416. The molecule has 0 spiro atoms. The zero-order valence-corrected chi connectivity index (χ0v) is 12.0. The highest BCUT2D eigenvalue weighted by Crippen LogP contribution is 2.48. The zero-order chi connectivity index (χ0) is 14.0. The molecule has 19 heavy (non-hydrogen) atoms. The number of hydrogen-bond acceptors (Lipinski definition) is 4. The summed E-state index contributed by atoms with van der Waals surface area (Å²) in [6.07, 6.45) is 4.31. The molecule has 0 radical (unpaired) electrons. The quantitative estimate of drug-likeness (QED) is 0.802. The fourth-order valence-electron chi connectivity index (χ4n) is 2.69. The van der Waals surface area contributed by atoms with Crippen LogP contribution in [0.5, 0.6) is 0 Å². The summed E-state index contributed by atoms with van der Waals surface area (Å²) in [5, 5.41) is 0. The van der Waals surface area contributed by atoms with E-state index in [1.165, 1.54) is 12.8 Å². The van der Waals surface area contributed by atoms with E-state index in [1.54, 1.807) is 6.92 Å². The van der Waals surface area contributed by atoms with Gasteiger partial charge < -0.3 is 15.0 Å². The number of anilines is 1. The molecule has 1 heterocycles. The number of imidazole rings is 1. The van der Waals surface area contributed by atoms with Crippen molar-refractivity contribution in [2.24, 2.45) is 5.92 Å². The maximum atomic E-state index is 11.8. The molecule has 5 heteroatoms. The van der Waals surface area contributed by atoms with Crippen LogP contribution in [-0.2, 0) is 11.2 Å². The Morgan fingerprint density at radius 1 is 1.47 bits per heavy atom. The van der Waals surface area contributed by atoms with Crippen LogP contribution in [0.4, 0.5) is 5.82 Å². The largest absolute Gasteiger partial charge is 0.461 e. The second-order valence-corrected chi connectivity index (χ2v) is 5.06. The molecule has 1 saturated carbocycles. The normalized spacial score (nSPS) is 21.4. The molecular formula is C14H23N3O2. The average Bonchev–Trinajstić information content (AvgIpc) is 3.04. The zero-order valence-electron chi connectivity index (χ0n) is 12.0. The summed E-state index contributed by atoms with van der Waals surface area (Å²) in [6.45, 7) is 6.35. The summed E-state index contributed by atoms with van der Waals surface area (Å²) in [6, 6.07) is 0.422. The lowest BCUT2D eigenvalue weighted by molar-refractivity contribution is 0.0521. The van der Waals surface area contributed by atoms with Crippen LogP contribution in [0.2, 0.25) is 0 Å². The number of aromatic nitrogens is 2. The van der Waals surface area contributed by atoms with Crippen molar-refractivity contribution < 1.29 is 9.53 Å². The Morgan fingerprint density at radius 3 is 2.79 bits per heavy atom. The minimum Gasteiger partial charge on any atom is -0.461 e. The molecular weight excluding hydrogens is 242 g/mol. The molecule has 0 aliphatic heterocycles. The first-order valence-electron chi connectivity index (χ1n) is 7.17. The van der Waals surface area contributed by atoms with Gasteiger partial charge in [0.1, 0.15) is 11.6 Å². The van der Waals surface area contributed by atoms with Gasteiger partial charge in [-0.2, -0.15) is 0 Å². The van der Waals surface area contributed by atoms with E-state index in [4.69, 9.17) is 10.5 Å². The molecule has 0 saturated heterocycles. The van der Waals surface area contributed by atoms with E-state index >= 15 is 0 Å². The van der Waals surface area contributed by atoms with Crippen molar-refractivity contribution in [1.82, 2.24) is 9.55 Å². The van der Waals surface area contributed by atoms with Crippen LogP contribution >= 0.6 is 0 Å². The fourth-order valence-corrected chi connectivity index (χ4v) is 2.69. The predicted molar refractivity (Wildman–Crippen MR) is 74.0 cm³/mol. The van der Waals surface area contributed by atoms with E-state index in [0.29, 0.717) is 24.4 Å². The number of aryl methyl sites for hydroxylation is 1. The third kappa shape index (κ3) is 2.60. The molecule has 2 rings (SSSR count). The fraction of sp³-hybridized carbons (Fsp3) is 0.714. The SMILES string of the molecule is CCCC1CC1n1c(CC)nc(C(=O)OCC)c1N. The summed E-state index contributed by atoms with van der Waals surface area (Å²) in [4.78, 5) is 16.2. The van der Waals surface area contributed by atoms with E-state index in [2.05, 4.69) is 11.9 Å². The number of esters is 1. The van der Waals surface area contributed by atoms with Gasteiger partial charge >= 0.3 is 5.97 Å². The van der Waals surface area contributed by atoms with E-state index in [0.717, 1.165) is 18.7 Å². The van der Waals surface area contributed by atoms with E-state index in [-0.39, 0.29) is 5.69 Å². The van der Waals surface area contributed by atoms with Crippen molar-refractivity contribution >= 4 is 11.8 Å². The minimum absolute atomic E-state index is 0.279. The molecule has 1 aromatic heterocycles. The van der Waals surface area contributed by atoms with Crippen LogP contribution in [0.1, 0.15) is 62.4 Å². The van der Waals surface area contributed by atoms with Crippen molar-refractivity contribution in [2.75, 3.05) is 12.3 Å². The molecule has 0 bridgehead atoms. The monoisotopic (exact) mass is 265 g/mol. The van der Waals surface area contributed by atoms with Gasteiger partial charge in [0.2, 0.25) is 0 Å². The Hall–Kier alpha value is -1.52. The van der Waals surface area contributed by atoms with Gasteiger partial charge in [-0.25, -0.2) is 9.78 Å². The summed E-state index contributed by atoms with van der Waals surface area (Å²) >= 11 is 0. The van der Waals surface area contributed by atoms with Crippen molar-refractivity contribution in [2.45, 2.75) is 52.5 Å². The average molecular weight is 265 g/mol. The lowest BCUT2D eigenvalue weighted by atomic mass is 10.2. The molecule has 2 atom stereocenters. The maximum absolute atomic E-state index is 11.8. The number of ether oxygens (including phenoxy) is 1.